The first-order valence-corrected chi connectivity index (χ1v) is 6.86. The van der Waals surface area contributed by atoms with Gasteiger partial charge in [-0.1, -0.05) is 23.7 Å². The molecule has 0 aliphatic heterocycles. The molecule has 0 fully saturated rings. The molecule has 0 aliphatic rings. The molecule has 3 aromatic rings. The number of rotatable bonds is 4. The fraction of sp³-hybridized carbons (Fsp3) is 0.200. The van der Waals surface area contributed by atoms with Crippen LogP contribution < -0.4 is 5.32 Å². The second kappa shape index (κ2) is 5.51. The summed E-state index contributed by atoms with van der Waals surface area (Å²) in [7, 11) is 1.98. The van der Waals surface area contributed by atoms with Crippen molar-refractivity contribution in [2.45, 2.75) is 6.42 Å². The van der Waals surface area contributed by atoms with E-state index in [0.717, 1.165) is 34.8 Å². The second-order valence-corrected chi connectivity index (χ2v) is 5.13. The van der Waals surface area contributed by atoms with Gasteiger partial charge in [-0.3, -0.25) is 0 Å². The Morgan fingerprint density at radius 2 is 2.15 bits per heavy atom. The Hall–Kier alpha value is -2.07. The van der Waals surface area contributed by atoms with Crippen LogP contribution in [0.4, 0.5) is 5.82 Å². The van der Waals surface area contributed by atoms with Crippen LogP contribution in [-0.2, 0) is 13.5 Å². The number of nitrogens with one attached hydrogen (secondary N) is 1. The Morgan fingerprint density at radius 1 is 1.25 bits per heavy atom. The van der Waals surface area contributed by atoms with Gasteiger partial charge in [-0.05, 0) is 30.2 Å². The van der Waals surface area contributed by atoms with Crippen LogP contribution in [-0.4, -0.2) is 21.1 Å². The van der Waals surface area contributed by atoms with Crippen molar-refractivity contribution in [1.82, 2.24) is 14.5 Å². The van der Waals surface area contributed by atoms with E-state index in [1.165, 1.54) is 5.56 Å². The van der Waals surface area contributed by atoms with Gasteiger partial charge in [0, 0.05) is 24.8 Å². The lowest BCUT2D eigenvalue weighted by molar-refractivity contribution is 0.941. The predicted octanol–water partition coefficient (Wildman–Crippen LogP) is 3.28. The van der Waals surface area contributed by atoms with Crippen molar-refractivity contribution < 1.29 is 0 Å². The van der Waals surface area contributed by atoms with Crippen LogP contribution in [0.1, 0.15) is 5.56 Å². The van der Waals surface area contributed by atoms with Crippen LogP contribution in [0.25, 0.3) is 11.0 Å². The Morgan fingerprint density at radius 3 is 3.00 bits per heavy atom. The molecule has 102 valence electrons. The van der Waals surface area contributed by atoms with E-state index in [4.69, 9.17) is 11.6 Å². The van der Waals surface area contributed by atoms with Crippen molar-refractivity contribution in [3.8, 4) is 0 Å². The summed E-state index contributed by atoms with van der Waals surface area (Å²) in [4.78, 5) is 8.58. The molecule has 1 N–H and O–H groups in total. The largest absolute Gasteiger partial charge is 0.369 e. The van der Waals surface area contributed by atoms with Gasteiger partial charge in [0.1, 0.15) is 17.8 Å². The quantitative estimate of drug-likeness (QED) is 0.800. The van der Waals surface area contributed by atoms with Gasteiger partial charge in [0.05, 0.1) is 5.39 Å². The normalized spacial score (nSPS) is 10.9. The maximum absolute atomic E-state index is 5.98. The highest BCUT2D eigenvalue weighted by molar-refractivity contribution is 6.30. The smallest absolute Gasteiger partial charge is 0.145 e. The summed E-state index contributed by atoms with van der Waals surface area (Å²) in [5.74, 6) is 0.873. The maximum Gasteiger partial charge on any atom is 0.145 e. The molecule has 0 saturated heterocycles. The Kier molecular flexibility index (Phi) is 3.56. The third-order valence-corrected chi connectivity index (χ3v) is 3.49. The highest BCUT2D eigenvalue weighted by Crippen LogP contribution is 2.19. The zero-order chi connectivity index (χ0) is 13.9. The number of aromatic nitrogens is 3. The summed E-state index contributed by atoms with van der Waals surface area (Å²) in [5.41, 5.74) is 2.15. The van der Waals surface area contributed by atoms with E-state index < -0.39 is 0 Å². The minimum Gasteiger partial charge on any atom is -0.369 e. The fourth-order valence-electron chi connectivity index (χ4n) is 2.24. The van der Waals surface area contributed by atoms with E-state index in [-0.39, 0.29) is 0 Å². The van der Waals surface area contributed by atoms with Gasteiger partial charge in [-0.25, -0.2) is 9.97 Å². The lowest BCUT2D eigenvalue weighted by atomic mass is 10.1. The number of aryl methyl sites for hydroxylation is 1. The van der Waals surface area contributed by atoms with E-state index in [9.17, 15) is 0 Å². The van der Waals surface area contributed by atoms with Crippen LogP contribution in [0.5, 0.6) is 0 Å². The van der Waals surface area contributed by atoms with Crippen LogP contribution in [0, 0.1) is 0 Å². The van der Waals surface area contributed by atoms with Gasteiger partial charge in [0.15, 0.2) is 0 Å². The van der Waals surface area contributed by atoms with Crippen molar-refractivity contribution in [3.05, 3.63) is 53.4 Å². The summed E-state index contributed by atoms with van der Waals surface area (Å²) < 4.78 is 1.99. The molecule has 0 bridgehead atoms. The van der Waals surface area contributed by atoms with Gasteiger partial charge in [0.25, 0.3) is 0 Å². The summed E-state index contributed by atoms with van der Waals surface area (Å²) in [6.45, 7) is 0.807. The zero-order valence-corrected chi connectivity index (χ0v) is 11.9. The van der Waals surface area contributed by atoms with Crippen LogP contribution >= 0.6 is 11.6 Å². The molecule has 0 radical (unpaired) electrons. The molecule has 2 heterocycles. The van der Waals surface area contributed by atoms with E-state index >= 15 is 0 Å². The minimum absolute atomic E-state index is 0.773. The van der Waals surface area contributed by atoms with Crippen molar-refractivity contribution in [3.63, 3.8) is 0 Å². The molecule has 3 rings (SSSR count). The van der Waals surface area contributed by atoms with Gasteiger partial charge < -0.3 is 9.88 Å². The van der Waals surface area contributed by atoms with Crippen LogP contribution in [0.15, 0.2) is 42.9 Å². The van der Waals surface area contributed by atoms with Crippen LogP contribution in [0.3, 0.4) is 0 Å². The lowest BCUT2D eigenvalue weighted by Gasteiger charge is -2.07. The third kappa shape index (κ3) is 2.60. The lowest BCUT2D eigenvalue weighted by Crippen LogP contribution is -2.07. The molecular weight excluding hydrogens is 272 g/mol. The number of benzene rings is 1. The van der Waals surface area contributed by atoms with Crippen molar-refractivity contribution >= 4 is 28.5 Å². The van der Waals surface area contributed by atoms with Crippen molar-refractivity contribution in [2.24, 2.45) is 7.05 Å². The Labute approximate surface area is 122 Å². The van der Waals surface area contributed by atoms with E-state index in [0.29, 0.717) is 0 Å². The van der Waals surface area contributed by atoms with E-state index in [2.05, 4.69) is 21.4 Å². The summed E-state index contributed by atoms with van der Waals surface area (Å²) in [6.07, 6.45) is 4.48. The summed E-state index contributed by atoms with van der Waals surface area (Å²) >= 11 is 5.98. The van der Waals surface area contributed by atoms with Crippen LogP contribution in [0.2, 0.25) is 5.02 Å². The molecule has 2 aromatic heterocycles. The highest BCUT2D eigenvalue weighted by Gasteiger charge is 2.05. The average molecular weight is 287 g/mol. The highest BCUT2D eigenvalue weighted by atomic mass is 35.5. The van der Waals surface area contributed by atoms with Crippen molar-refractivity contribution in [2.75, 3.05) is 11.9 Å². The molecule has 0 spiro atoms. The summed E-state index contributed by atoms with van der Waals surface area (Å²) in [5, 5.41) is 5.18. The third-order valence-electron chi connectivity index (χ3n) is 3.26. The first-order chi connectivity index (χ1) is 9.74. The maximum atomic E-state index is 5.98. The number of hydrogen-bond donors (Lipinski definition) is 1. The Balaban J connectivity index is 1.71. The standard InChI is InChI=1S/C15H15ClN4/c1-20-8-6-13-14(18-10-19-15(13)20)17-7-5-11-3-2-4-12(16)9-11/h2-4,6,8-10H,5,7H2,1H3,(H,17,18,19). The summed E-state index contributed by atoms with van der Waals surface area (Å²) in [6, 6.07) is 9.94. The first-order valence-electron chi connectivity index (χ1n) is 6.48. The monoisotopic (exact) mass is 286 g/mol. The number of fused-ring (bicyclic) bond motifs is 1. The SMILES string of the molecule is Cn1ccc2c(NCCc3cccc(Cl)c3)ncnc21. The topological polar surface area (TPSA) is 42.7 Å². The number of anilines is 1. The Bertz CT molecular complexity index is 736. The molecule has 5 heteroatoms. The predicted molar refractivity (Wildman–Crippen MR) is 82.2 cm³/mol. The molecule has 0 aliphatic carbocycles. The molecular formula is C15H15ClN4. The number of hydrogen-bond acceptors (Lipinski definition) is 3. The molecule has 4 nitrogen and oxygen atoms in total. The van der Waals surface area contributed by atoms with Crippen molar-refractivity contribution in [1.29, 1.82) is 0 Å². The first kappa shape index (κ1) is 12.9. The van der Waals surface area contributed by atoms with Gasteiger partial charge in [-0.15, -0.1) is 0 Å². The molecule has 0 saturated carbocycles. The second-order valence-electron chi connectivity index (χ2n) is 4.69. The van der Waals surface area contributed by atoms with Gasteiger partial charge in [-0.2, -0.15) is 0 Å². The molecule has 1 aromatic carbocycles. The fourth-order valence-corrected chi connectivity index (χ4v) is 2.45. The van der Waals surface area contributed by atoms with Gasteiger partial charge >= 0.3 is 0 Å². The minimum atomic E-state index is 0.773. The number of halogens is 1. The zero-order valence-electron chi connectivity index (χ0n) is 11.2. The number of nitrogens with zero attached hydrogens (tertiary/aromatic N) is 3. The average Bonchev–Trinajstić information content (AvgIpc) is 2.82. The molecule has 0 atom stereocenters. The molecule has 20 heavy (non-hydrogen) atoms. The van der Waals surface area contributed by atoms with Gasteiger partial charge in [0.2, 0.25) is 0 Å². The van der Waals surface area contributed by atoms with E-state index in [1.54, 1.807) is 6.33 Å². The van der Waals surface area contributed by atoms with E-state index in [1.807, 2.05) is 42.1 Å². The molecule has 0 unspecified atom stereocenters. The molecule has 0 amide bonds.